The van der Waals surface area contributed by atoms with Gasteiger partial charge in [-0.25, -0.2) is 0 Å². The average molecular weight is 166 g/mol. The molecule has 1 heterocycles. The molecule has 0 aliphatic rings. The number of carboxylic acids is 1. The van der Waals surface area contributed by atoms with E-state index in [1.54, 1.807) is 6.92 Å². The number of carboxylic acid groups (broad SMARTS) is 1. The smallest absolute Gasteiger partial charge is 0.543 e. The molecule has 4 nitrogen and oxygen atoms in total. The Balaban J connectivity index is 0.000000810. The number of hydrogen-bond donors (Lipinski definition) is 0. The third-order valence-electron chi connectivity index (χ3n) is 0.845. The van der Waals surface area contributed by atoms with Crippen molar-refractivity contribution in [1.29, 1.82) is 0 Å². The number of aryl methyl sites for hydroxylation is 1. The first-order valence-corrected chi connectivity index (χ1v) is 2.99. The van der Waals surface area contributed by atoms with Crippen LogP contribution in [0.1, 0.15) is 15.4 Å². The van der Waals surface area contributed by atoms with E-state index in [2.05, 4.69) is 9.59 Å². The fraction of sp³-hybridized carbons (Fsp3) is 0.250. The molecular weight excluding hydrogens is 163 g/mol. The molecule has 0 fully saturated rings. The van der Waals surface area contributed by atoms with Gasteiger partial charge in [-0.05, 0) is 18.5 Å². The van der Waals surface area contributed by atoms with E-state index in [-0.39, 0.29) is 35.3 Å². The molecule has 1 aromatic rings. The predicted molar refractivity (Wildman–Crippen MR) is 29.0 cm³/mol. The molecule has 6 heteroatoms. The maximum Gasteiger partial charge on any atom is 1.00 e. The average Bonchev–Trinajstić information content (AvgIpc) is 2.13. The van der Waals surface area contributed by atoms with Crippen molar-refractivity contribution in [3.05, 3.63) is 10.6 Å². The van der Waals surface area contributed by atoms with Crippen LogP contribution in [0.3, 0.4) is 0 Å². The van der Waals surface area contributed by atoms with Gasteiger partial charge in [0.15, 0.2) is 0 Å². The number of hydrogen-bond acceptors (Lipinski definition) is 5. The Labute approximate surface area is 83.7 Å². The number of carbonyl (C=O) groups is 1. The topological polar surface area (TPSA) is 65.9 Å². The predicted octanol–water partition coefficient (Wildman–Crippen LogP) is -3.79. The van der Waals surface area contributed by atoms with Crippen molar-refractivity contribution in [1.82, 2.24) is 9.59 Å². The van der Waals surface area contributed by atoms with Gasteiger partial charge in [0.2, 0.25) is 0 Å². The molecule has 0 saturated carbocycles. The normalized spacial score (nSPS) is 8.50. The van der Waals surface area contributed by atoms with Crippen LogP contribution < -0.4 is 34.7 Å². The van der Waals surface area contributed by atoms with E-state index in [0.29, 0.717) is 4.88 Å². The molecule has 0 radical (unpaired) electrons. The summed E-state index contributed by atoms with van der Waals surface area (Å²) in [4.78, 5) is 10.7. The molecule has 0 bridgehead atoms. The van der Waals surface area contributed by atoms with Gasteiger partial charge < -0.3 is 9.90 Å². The van der Waals surface area contributed by atoms with Crippen molar-refractivity contribution in [3.8, 4) is 0 Å². The maximum absolute atomic E-state index is 10.1. The van der Waals surface area contributed by atoms with Crippen molar-refractivity contribution in [2.45, 2.75) is 6.92 Å². The zero-order chi connectivity index (χ0) is 6.85. The molecule has 0 aliphatic carbocycles. The standard InChI is InChI=1S/C4H4N2O2S.Na/c1-2-3(4(7)8)5-6-9-2;/h1H3,(H,7,8);/q;+1/p-1. The van der Waals surface area contributed by atoms with E-state index < -0.39 is 5.97 Å². The van der Waals surface area contributed by atoms with Crippen LogP contribution in [-0.2, 0) is 0 Å². The SMILES string of the molecule is Cc1snnc1C(=O)[O-].[Na+]. The molecule has 1 rings (SSSR count). The first-order valence-electron chi connectivity index (χ1n) is 2.22. The number of aromatic nitrogens is 2. The number of rotatable bonds is 1. The molecule has 0 aromatic carbocycles. The Morgan fingerprint density at radius 1 is 1.70 bits per heavy atom. The second-order valence-electron chi connectivity index (χ2n) is 1.47. The summed E-state index contributed by atoms with van der Waals surface area (Å²) in [6.07, 6.45) is 0. The molecule has 0 unspecified atom stereocenters. The molecule has 48 valence electrons. The summed E-state index contributed by atoms with van der Waals surface area (Å²) in [5.74, 6) is -1.26. The van der Waals surface area contributed by atoms with E-state index in [1.165, 1.54) is 0 Å². The first-order chi connectivity index (χ1) is 4.22. The minimum absolute atomic E-state index is 0. The van der Waals surface area contributed by atoms with Crippen molar-refractivity contribution in [2.75, 3.05) is 0 Å². The maximum atomic E-state index is 10.1. The van der Waals surface area contributed by atoms with E-state index in [4.69, 9.17) is 0 Å². The van der Waals surface area contributed by atoms with Crippen LogP contribution in [-0.4, -0.2) is 15.6 Å². The van der Waals surface area contributed by atoms with Gasteiger partial charge in [-0.1, -0.05) is 4.49 Å². The largest absolute Gasteiger partial charge is 1.00 e. The van der Waals surface area contributed by atoms with E-state index >= 15 is 0 Å². The molecule has 0 saturated heterocycles. The Morgan fingerprint density at radius 2 is 2.30 bits per heavy atom. The van der Waals surface area contributed by atoms with E-state index in [9.17, 15) is 9.90 Å². The van der Waals surface area contributed by atoms with Crippen LogP contribution in [0, 0.1) is 6.92 Å². The van der Waals surface area contributed by atoms with E-state index in [1.807, 2.05) is 0 Å². The fourth-order valence-electron chi connectivity index (χ4n) is 0.421. The van der Waals surface area contributed by atoms with Gasteiger partial charge in [0.05, 0.1) is 10.8 Å². The summed E-state index contributed by atoms with van der Waals surface area (Å²) in [6.45, 7) is 1.63. The second kappa shape index (κ2) is 4.02. The molecule has 0 N–H and O–H groups in total. The van der Waals surface area contributed by atoms with Crippen LogP contribution in [0.5, 0.6) is 0 Å². The Bertz CT molecular complexity index is 237. The minimum Gasteiger partial charge on any atom is -0.543 e. The van der Waals surface area contributed by atoms with Gasteiger partial charge in [0.1, 0.15) is 5.69 Å². The number of aromatic carboxylic acids is 1. The van der Waals surface area contributed by atoms with Gasteiger partial charge in [-0.15, -0.1) is 5.10 Å². The molecule has 0 amide bonds. The number of carbonyl (C=O) groups excluding carboxylic acids is 1. The van der Waals surface area contributed by atoms with Crippen molar-refractivity contribution in [2.24, 2.45) is 0 Å². The molecule has 10 heavy (non-hydrogen) atoms. The summed E-state index contributed by atoms with van der Waals surface area (Å²) in [7, 11) is 0. The zero-order valence-electron chi connectivity index (χ0n) is 5.62. The van der Waals surface area contributed by atoms with Crippen LogP contribution in [0.2, 0.25) is 0 Å². The monoisotopic (exact) mass is 166 g/mol. The summed E-state index contributed by atoms with van der Waals surface area (Å²) in [5.41, 5.74) is -0.0556. The molecule has 1 aromatic heterocycles. The number of nitrogens with zero attached hydrogens (tertiary/aromatic N) is 2. The van der Waals surface area contributed by atoms with Crippen LogP contribution >= 0.6 is 11.5 Å². The molecule has 0 atom stereocenters. The van der Waals surface area contributed by atoms with E-state index in [0.717, 1.165) is 11.5 Å². The second-order valence-corrected chi connectivity index (χ2v) is 2.42. The van der Waals surface area contributed by atoms with Crippen molar-refractivity contribution < 1.29 is 39.5 Å². The Kier molecular flexibility index (Phi) is 4.04. The zero-order valence-corrected chi connectivity index (χ0v) is 8.44. The molecule has 0 spiro atoms. The first kappa shape index (κ1) is 10.0. The van der Waals surface area contributed by atoms with Crippen LogP contribution in [0.15, 0.2) is 0 Å². The van der Waals surface area contributed by atoms with Gasteiger partial charge in [0, 0.05) is 0 Å². The molecular formula is C4H3N2NaO2S. The van der Waals surface area contributed by atoms with Crippen molar-refractivity contribution in [3.63, 3.8) is 0 Å². The van der Waals surface area contributed by atoms with Gasteiger partial charge in [-0.2, -0.15) is 0 Å². The summed E-state index contributed by atoms with van der Waals surface area (Å²) in [5, 5.41) is 13.4. The third-order valence-corrected chi connectivity index (χ3v) is 1.48. The summed E-state index contributed by atoms with van der Waals surface area (Å²) in [6, 6.07) is 0. The Morgan fingerprint density at radius 3 is 2.50 bits per heavy atom. The third kappa shape index (κ3) is 2.02. The minimum atomic E-state index is -1.26. The van der Waals surface area contributed by atoms with Crippen LogP contribution in [0.4, 0.5) is 0 Å². The van der Waals surface area contributed by atoms with Gasteiger partial charge in [-0.3, -0.25) is 0 Å². The quantitative estimate of drug-likeness (QED) is 0.401. The van der Waals surface area contributed by atoms with Crippen molar-refractivity contribution >= 4 is 17.5 Å². The van der Waals surface area contributed by atoms with Gasteiger partial charge >= 0.3 is 29.6 Å². The summed E-state index contributed by atoms with van der Waals surface area (Å²) >= 11 is 1.05. The molecule has 0 aliphatic heterocycles. The van der Waals surface area contributed by atoms with Gasteiger partial charge in [0.25, 0.3) is 0 Å². The van der Waals surface area contributed by atoms with Crippen LogP contribution in [0.25, 0.3) is 0 Å². The fourth-order valence-corrected chi connectivity index (χ4v) is 0.876. The Hall–Kier alpha value is 0.0300. The summed E-state index contributed by atoms with van der Waals surface area (Å²) < 4.78 is 3.41.